The zero-order valence-corrected chi connectivity index (χ0v) is 16.5. The molecule has 148 valence electrons. The molecule has 2 amide bonds. The third-order valence-electron chi connectivity index (χ3n) is 4.46. The average molecular weight is 383 g/mol. The van der Waals surface area contributed by atoms with Crippen LogP contribution in [0.15, 0.2) is 36.8 Å². The molecule has 0 fully saturated rings. The van der Waals surface area contributed by atoms with Crippen molar-refractivity contribution >= 4 is 6.03 Å². The minimum atomic E-state index is -0.194. The number of rotatable bonds is 7. The number of hydrogen-bond acceptors (Lipinski definition) is 5. The van der Waals surface area contributed by atoms with Gasteiger partial charge in [-0.25, -0.2) is 4.79 Å². The first-order chi connectivity index (χ1) is 13.5. The average Bonchev–Trinajstić information content (AvgIpc) is 3.35. The summed E-state index contributed by atoms with van der Waals surface area (Å²) in [7, 11) is 3.36. The molecule has 0 saturated heterocycles. The van der Waals surface area contributed by atoms with Gasteiger partial charge in [-0.05, 0) is 38.1 Å². The van der Waals surface area contributed by atoms with Crippen LogP contribution in [0.4, 0.5) is 4.79 Å². The van der Waals surface area contributed by atoms with Crippen molar-refractivity contribution in [2.24, 2.45) is 0 Å². The Bertz CT molecular complexity index is 915. The number of aromatic amines is 1. The predicted octanol–water partition coefficient (Wildman–Crippen LogP) is 2.60. The fourth-order valence-electron chi connectivity index (χ4n) is 2.85. The molecule has 0 bridgehead atoms. The van der Waals surface area contributed by atoms with E-state index < -0.39 is 0 Å². The Labute approximate surface area is 163 Å². The number of nitrogens with one attached hydrogen (secondary N) is 2. The first-order valence-corrected chi connectivity index (χ1v) is 9.03. The number of H-pyrrole nitrogens is 1. The van der Waals surface area contributed by atoms with Gasteiger partial charge < -0.3 is 19.5 Å². The van der Waals surface area contributed by atoms with Crippen LogP contribution in [0.1, 0.15) is 31.3 Å². The molecule has 0 aliphatic rings. The Morgan fingerprint density at radius 3 is 2.75 bits per heavy atom. The van der Waals surface area contributed by atoms with Crippen LogP contribution in [0.2, 0.25) is 0 Å². The molecule has 9 nitrogen and oxygen atoms in total. The lowest BCUT2D eigenvalue weighted by atomic mass is 10.1. The highest BCUT2D eigenvalue weighted by Gasteiger charge is 2.15. The molecule has 0 radical (unpaired) electrons. The van der Waals surface area contributed by atoms with Gasteiger partial charge in [-0.1, -0.05) is 0 Å². The van der Waals surface area contributed by atoms with Crippen LogP contribution < -0.4 is 10.1 Å². The molecule has 9 heteroatoms. The van der Waals surface area contributed by atoms with Crippen molar-refractivity contribution in [2.75, 3.05) is 14.2 Å². The van der Waals surface area contributed by atoms with Gasteiger partial charge in [0.05, 0.1) is 25.5 Å². The number of methoxy groups -OCH3 is 1. The first kappa shape index (κ1) is 19.4. The van der Waals surface area contributed by atoms with Gasteiger partial charge in [-0.3, -0.25) is 5.10 Å². The number of nitrogens with zero attached hydrogens (tertiary/aromatic N) is 5. The summed E-state index contributed by atoms with van der Waals surface area (Å²) in [5.41, 5.74) is 2.74. The number of amides is 2. The molecule has 1 aromatic carbocycles. The third kappa shape index (κ3) is 4.30. The van der Waals surface area contributed by atoms with Crippen molar-refractivity contribution < 1.29 is 9.53 Å². The van der Waals surface area contributed by atoms with Gasteiger partial charge >= 0.3 is 6.03 Å². The van der Waals surface area contributed by atoms with E-state index in [1.165, 1.54) is 0 Å². The molecule has 0 spiro atoms. The lowest BCUT2D eigenvalue weighted by Gasteiger charge is -2.19. The van der Waals surface area contributed by atoms with Gasteiger partial charge in [0.15, 0.2) is 5.82 Å². The molecule has 3 rings (SSSR count). The van der Waals surface area contributed by atoms with Gasteiger partial charge in [0.25, 0.3) is 0 Å². The Kier molecular flexibility index (Phi) is 5.93. The molecule has 0 atom stereocenters. The number of hydrogen-bond donors (Lipinski definition) is 2. The normalized spacial score (nSPS) is 10.9. The van der Waals surface area contributed by atoms with E-state index in [1.54, 1.807) is 31.6 Å². The maximum absolute atomic E-state index is 12.5. The largest absolute Gasteiger partial charge is 0.497 e. The molecular formula is C19H25N7O2. The number of aromatic nitrogens is 5. The molecule has 2 heterocycles. The Morgan fingerprint density at radius 1 is 1.32 bits per heavy atom. The number of carbonyl (C=O) groups is 1. The summed E-state index contributed by atoms with van der Waals surface area (Å²) >= 11 is 0. The van der Waals surface area contributed by atoms with Crippen molar-refractivity contribution in [2.45, 2.75) is 33.0 Å². The smallest absolute Gasteiger partial charge is 0.317 e. The van der Waals surface area contributed by atoms with E-state index in [0.717, 1.165) is 28.4 Å². The van der Waals surface area contributed by atoms with Gasteiger partial charge in [-0.15, -0.1) is 10.2 Å². The van der Waals surface area contributed by atoms with Crippen LogP contribution in [0.3, 0.4) is 0 Å². The Balaban J connectivity index is 1.61. The van der Waals surface area contributed by atoms with E-state index in [4.69, 9.17) is 4.74 Å². The van der Waals surface area contributed by atoms with E-state index >= 15 is 0 Å². The van der Waals surface area contributed by atoms with Crippen LogP contribution in [0, 0.1) is 0 Å². The van der Waals surface area contributed by atoms with E-state index in [0.29, 0.717) is 13.1 Å². The van der Waals surface area contributed by atoms with Crippen molar-refractivity contribution in [3.05, 3.63) is 48.2 Å². The first-order valence-electron chi connectivity index (χ1n) is 9.03. The van der Waals surface area contributed by atoms with Crippen LogP contribution >= 0.6 is 0 Å². The highest BCUT2D eigenvalue weighted by Crippen LogP contribution is 2.23. The molecule has 2 N–H and O–H groups in total. The van der Waals surface area contributed by atoms with Crippen LogP contribution in [0.5, 0.6) is 5.75 Å². The summed E-state index contributed by atoms with van der Waals surface area (Å²) in [4.78, 5) is 14.1. The zero-order chi connectivity index (χ0) is 20.1. The molecule has 28 heavy (non-hydrogen) atoms. The fourth-order valence-corrected chi connectivity index (χ4v) is 2.85. The highest BCUT2D eigenvalue weighted by molar-refractivity contribution is 5.74. The van der Waals surface area contributed by atoms with Gasteiger partial charge in [0.1, 0.15) is 12.1 Å². The maximum atomic E-state index is 12.5. The van der Waals surface area contributed by atoms with Crippen LogP contribution in [-0.4, -0.2) is 50.1 Å². The molecule has 0 aliphatic heterocycles. The highest BCUT2D eigenvalue weighted by atomic mass is 16.5. The van der Waals surface area contributed by atoms with Crippen LogP contribution in [0.25, 0.3) is 11.3 Å². The number of benzene rings is 1. The predicted molar refractivity (Wildman–Crippen MR) is 105 cm³/mol. The second-order valence-electron chi connectivity index (χ2n) is 6.76. The molecule has 3 aromatic rings. The summed E-state index contributed by atoms with van der Waals surface area (Å²) in [6, 6.07) is 7.71. The van der Waals surface area contributed by atoms with Crippen molar-refractivity contribution in [3.63, 3.8) is 0 Å². The summed E-state index contributed by atoms with van der Waals surface area (Å²) in [6.45, 7) is 4.83. The Morgan fingerprint density at radius 2 is 2.07 bits per heavy atom. The summed E-state index contributed by atoms with van der Waals surface area (Å²) < 4.78 is 7.13. The minimum absolute atomic E-state index is 0.194. The SMILES string of the molecule is COc1ccc(-c2[nH]ncc2CNC(=O)N(C)Cc2nncn2C(C)C)cc1. The third-order valence-corrected chi connectivity index (χ3v) is 4.46. The van der Waals surface area contributed by atoms with E-state index in [-0.39, 0.29) is 12.1 Å². The Hall–Kier alpha value is -3.36. The van der Waals surface area contributed by atoms with E-state index in [9.17, 15) is 4.79 Å². The second-order valence-corrected chi connectivity index (χ2v) is 6.76. The number of urea groups is 1. The summed E-state index contributed by atoms with van der Waals surface area (Å²) in [5, 5.41) is 18.1. The molecule has 0 aliphatic carbocycles. The van der Waals surface area contributed by atoms with Crippen molar-refractivity contribution in [3.8, 4) is 17.0 Å². The van der Waals surface area contributed by atoms with E-state index in [1.807, 2.05) is 42.7 Å². The van der Waals surface area contributed by atoms with Crippen molar-refractivity contribution in [1.82, 2.24) is 35.2 Å². The molecule has 2 aromatic heterocycles. The van der Waals surface area contributed by atoms with Crippen molar-refractivity contribution in [1.29, 1.82) is 0 Å². The van der Waals surface area contributed by atoms with Gasteiger partial charge in [-0.2, -0.15) is 5.10 Å². The second kappa shape index (κ2) is 8.55. The lowest BCUT2D eigenvalue weighted by Crippen LogP contribution is -2.37. The zero-order valence-electron chi connectivity index (χ0n) is 16.5. The van der Waals surface area contributed by atoms with Crippen LogP contribution in [-0.2, 0) is 13.1 Å². The van der Waals surface area contributed by atoms with Gasteiger partial charge in [0, 0.05) is 30.8 Å². The van der Waals surface area contributed by atoms with Gasteiger partial charge in [0.2, 0.25) is 0 Å². The van der Waals surface area contributed by atoms with E-state index in [2.05, 4.69) is 25.7 Å². The molecule has 0 saturated carbocycles. The minimum Gasteiger partial charge on any atom is -0.497 e. The molecular weight excluding hydrogens is 358 g/mol. The fraction of sp³-hybridized carbons (Fsp3) is 0.368. The topological polar surface area (TPSA) is 101 Å². The maximum Gasteiger partial charge on any atom is 0.317 e. The number of carbonyl (C=O) groups excluding carboxylic acids is 1. The quantitative estimate of drug-likeness (QED) is 0.653. The summed E-state index contributed by atoms with van der Waals surface area (Å²) in [5.74, 6) is 1.53. The standard InChI is InChI=1S/C19H25N7O2/c1-13(2)26-12-22-23-17(26)11-25(3)19(27)20-9-15-10-21-24-18(15)14-5-7-16(28-4)8-6-14/h5-8,10,12-13H,9,11H2,1-4H3,(H,20,27)(H,21,24). The summed E-state index contributed by atoms with van der Waals surface area (Å²) in [6.07, 6.45) is 3.40. The monoisotopic (exact) mass is 383 g/mol. The number of ether oxygens (including phenoxy) is 1. The molecule has 0 unspecified atom stereocenters. The lowest BCUT2D eigenvalue weighted by molar-refractivity contribution is 0.204.